The van der Waals surface area contributed by atoms with Crippen LogP contribution in [-0.2, 0) is 0 Å². The quantitative estimate of drug-likeness (QED) is 0.294. The van der Waals surface area contributed by atoms with Gasteiger partial charge in [-0.05, 0) is 49.2 Å². The van der Waals surface area contributed by atoms with Crippen LogP contribution in [0.3, 0.4) is 0 Å². The highest BCUT2D eigenvalue weighted by Crippen LogP contribution is 2.31. The van der Waals surface area contributed by atoms with Gasteiger partial charge in [0.2, 0.25) is 0 Å². The Bertz CT molecular complexity index is 431. The van der Waals surface area contributed by atoms with Crippen LogP contribution in [0.5, 0.6) is 0 Å². The molecule has 110 valence electrons. The van der Waals surface area contributed by atoms with Crippen LogP contribution < -0.4 is 5.32 Å². The van der Waals surface area contributed by atoms with Crippen LogP contribution in [0.15, 0.2) is 47.6 Å². The minimum absolute atomic E-state index is 0.464. The Labute approximate surface area is 137 Å². The molecule has 2 rings (SSSR count). The number of halogens is 1. The molecular weight excluding hydrogens is 357 g/mol. The maximum Gasteiger partial charge on any atom is 0.0787 e. The van der Waals surface area contributed by atoms with Crippen molar-refractivity contribution < 1.29 is 0 Å². The van der Waals surface area contributed by atoms with E-state index in [9.17, 15) is 0 Å². The molecule has 0 bridgehead atoms. The third-order valence-corrected chi connectivity index (χ3v) is 4.90. The number of hydrogen-bond acceptors (Lipinski definition) is 1. The number of allylic oxidation sites excluding steroid dienone is 6. The maximum atomic E-state index is 3.74. The normalized spacial score (nSPS) is 28.4. The number of rotatable bonds is 5. The van der Waals surface area contributed by atoms with Crippen molar-refractivity contribution in [2.75, 3.05) is 0 Å². The van der Waals surface area contributed by atoms with Gasteiger partial charge < -0.3 is 0 Å². The molecule has 2 heteroatoms. The molecule has 0 aromatic rings. The summed E-state index contributed by atoms with van der Waals surface area (Å²) in [7, 11) is 0. The van der Waals surface area contributed by atoms with Gasteiger partial charge in [-0.1, -0.05) is 72.9 Å². The minimum atomic E-state index is 0.464. The average Bonchev–Trinajstić information content (AvgIpc) is 2.47. The van der Waals surface area contributed by atoms with Crippen molar-refractivity contribution in [2.24, 2.45) is 5.92 Å². The molecule has 0 aromatic carbocycles. The highest BCUT2D eigenvalue weighted by molar-refractivity contribution is 14.1. The molecule has 1 aliphatic carbocycles. The molecule has 1 aliphatic heterocycles. The SMILES string of the molecule is CC/C=C\C[C@H](C)[C@@H]1CC(C2=CC=CCC2)=CC(I)N1. The second kappa shape index (κ2) is 8.18. The fraction of sp³-hybridized carbons (Fsp3) is 0.556. The lowest BCUT2D eigenvalue weighted by atomic mass is 9.85. The van der Waals surface area contributed by atoms with E-state index in [0.29, 0.717) is 16.0 Å². The van der Waals surface area contributed by atoms with Crippen molar-refractivity contribution in [3.05, 3.63) is 47.6 Å². The molecule has 0 aromatic heterocycles. The van der Waals surface area contributed by atoms with E-state index in [1.807, 2.05) is 0 Å². The lowest BCUT2D eigenvalue weighted by Crippen LogP contribution is -2.42. The number of alkyl halides is 1. The lowest BCUT2D eigenvalue weighted by molar-refractivity contribution is 0.372. The van der Waals surface area contributed by atoms with Crippen molar-refractivity contribution in [3.8, 4) is 0 Å². The summed E-state index contributed by atoms with van der Waals surface area (Å²) in [6.07, 6.45) is 19.7. The molecule has 0 radical (unpaired) electrons. The standard InChI is InChI=1S/C18H26IN/c1-3-4-6-9-14(2)17-12-16(13-18(19)20-17)15-10-7-5-8-11-15/h4-7,10,13-14,17-18,20H,3,8-9,11-12H2,1-2H3/b6-4-/t14-,17-,18?/m0/s1. The molecule has 1 nitrogen and oxygen atoms in total. The van der Waals surface area contributed by atoms with Gasteiger partial charge in [0.05, 0.1) is 4.05 Å². The monoisotopic (exact) mass is 383 g/mol. The summed E-state index contributed by atoms with van der Waals surface area (Å²) < 4.78 is 0.464. The molecule has 1 heterocycles. The summed E-state index contributed by atoms with van der Waals surface area (Å²) in [5.74, 6) is 0.693. The summed E-state index contributed by atoms with van der Waals surface area (Å²) in [5.41, 5.74) is 3.13. The van der Waals surface area contributed by atoms with Crippen LogP contribution in [0, 0.1) is 5.92 Å². The maximum absolute atomic E-state index is 3.74. The Morgan fingerprint density at radius 2 is 2.25 bits per heavy atom. The molecule has 0 spiro atoms. The van der Waals surface area contributed by atoms with Crippen molar-refractivity contribution >= 4 is 22.6 Å². The second-order valence-corrected chi connectivity index (χ2v) is 7.16. The van der Waals surface area contributed by atoms with Gasteiger partial charge in [-0.2, -0.15) is 0 Å². The second-order valence-electron chi connectivity index (χ2n) is 5.82. The zero-order valence-electron chi connectivity index (χ0n) is 12.6. The first-order valence-corrected chi connectivity index (χ1v) is 9.07. The lowest BCUT2D eigenvalue weighted by Gasteiger charge is -2.33. The summed E-state index contributed by atoms with van der Waals surface area (Å²) in [5, 5.41) is 3.74. The van der Waals surface area contributed by atoms with Crippen molar-refractivity contribution in [3.63, 3.8) is 0 Å². The van der Waals surface area contributed by atoms with Crippen LogP contribution in [0.1, 0.15) is 46.0 Å². The first kappa shape index (κ1) is 16.0. The Hall–Kier alpha value is -0.350. The molecule has 2 aliphatic rings. The number of nitrogens with one attached hydrogen (secondary N) is 1. The Morgan fingerprint density at radius 3 is 2.95 bits per heavy atom. The predicted octanol–water partition coefficient (Wildman–Crippen LogP) is 5.30. The summed E-state index contributed by atoms with van der Waals surface area (Å²) in [4.78, 5) is 0. The van der Waals surface area contributed by atoms with Crippen molar-refractivity contribution in [2.45, 2.75) is 56.0 Å². The molecule has 1 unspecified atom stereocenters. The van der Waals surface area contributed by atoms with Gasteiger partial charge in [0.15, 0.2) is 0 Å². The minimum Gasteiger partial charge on any atom is -0.299 e. The first-order chi connectivity index (χ1) is 9.70. The molecule has 0 saturated carbocycles. The average molecular weight is 383 g/mol. The molecule has 0 amide bonds. The van der Waals surface area contributed by atoms with Gasteiger partial charge in [-0.25, -0.2) is 0 Å². The van der Waals surface area contributed by atoms with Crippen LogP contribution >= 0.6 is 22.6 Å². The van der Waals surface area contributed by atoms with E-state index in [2.05, 4.69) is 78.2 Å². The first-order valence-electron chi connectivity index (χ1n) is 7.82. The van der Waals surface area contributed by atoms with Crippen LogP contribution in [0.2, 0.25) is 0 Å². The highest BCUT2D eigenvalue weighted by Gasteiger charge is 2.25. The third-order valence-electron chi connectivity index (χ3n) is 4.18. The van der Waals surface area contributed by atoms with Gasteiger partial charge in [-0.3, -0.25) is 5.32 Å². The van der Waals surface area contributed by atoms with Crippen LogP contribution in [0.25, 0.3) is 0 Å². The van der Waals surface area contributed by atoms with E-state index >= 15 is 0 Å². The summed E-state index contributed by atoms with van der Waals surface area (Å²) in [6, 6.07) is 0.602. The van der Waals surface area contributed by atoms with Gasteiger partial charge in [0.1, 0.15) is 0 Å². The Kier molecular flexibility index (Phi) is 6.56. The Morgan fingerprint density at radius 1 is 1.40 bits per heavy atom. The molecule has 0 fully saturated rings. The molecule has 0 saturated heterocycles. The van der Waals surface area contributed by atoms with Gasteiger partial charge >= 0.3 is 0 Å². The third kappa shape index (κ3) is 4.59. The van der Waals surface area contributed by atoms with Crippen molar-refractivity contribution in [1.29, 1.82) is 0 Å². The zero-order valence-corrected chi connectivity index (χ0v) is 14.8. The summed E-state index contributed by atoms with van der Waals surface area (Å²) >= 11 is 2.51. The van der Waals surface area contributed by atoms with E-state index in [1.54, 1.807) is 11.1 Å². The van der Waals surface area contributed by atoms with E-state index in [0.717, 1.165) is 6.42 Å². The van der Waals surface area contributed by atoms with Crippen LogP contribution in [-0.4, -0.2) is 10.1 Å². The van der Waals surface area contributed by atoms with E-state index in [1.165, 1.54) is 25.7 Å². The Balaban J connectivity index is 2.00. The molecule has 20 heavy (non-hydrogen) atoms. The molecular formula is C18H26IN. The fourth-order valence-electron chi connectivity index (χ4n) is 2.91. The van der Waals surface area contributed by atoms with Gasteiger partial charge in [0.25, 0.3) is 0 Å². The largest absolute Gasteiger partial charge is 0.299 e. The van der Waals surface area contributed by atoms with E-state index in [-0.39, 0.29) is 0 Å². The zero-order chi connectivity index (χ0) is 14.4. The van der Waals surface area contributed by atoms with Crippen LogP contribution in [0.4, 0.5) is 0 Å². The summed E-state index contributed by atoms with van der Waals surface area (Å²) in [6.45, 7) is 4.57. The van der Waals surface area contributed by atoms with Gasteiger partial charge in [-0.15, -0.1) is 0 Å². The van der Waals surface area contributed by atoms with E-state index in [4.69, 9.17) is 0 Å². The fourth-order valence-corrected chi connectivity index (χ4v) is 3.80. The number of hydrogen-bond donors (Lipinski definition) is 1. The van der Waals surface area contributed by atoms with Gasteiger partial charge in [0, 0.05) is 6.04 Å². The van der Waals surface area contributed by atoms with Crippen molar-refractivity contribution in [1.82, 2.24) is 5.32 Å². The predicted molar refractivity (Wildman–Crippen MR) is 97.1 cm³/mol. The van der Waals surface area contributed by atoms with E-state index < -0.39 is 0 Å². The topological polar surface area (TPSA) is 12.0 Å². The smallest absolute Gasteiger partial charge is 0.0787 e. The molecule has 3 atom stereocenters. The molecule has 1 N–H and O–H groups in total. The highest BCUT2D eigenvalue weighted by atomic mass is 127.